The Balaban J connectivity index is 0.000000314. The first-order chi connectivity index (χ1) is 38.3. The number of aromatic nitrogens is 2. The number of urea groups is 2. The molecule has 1 saturated heterocycles. The first-order valence-corrected chi connectivity index (χ1v) is 28.9. The molecule has 0 atom stereocenters. The molecule has 1 aliphatic heterocycles. The quantitative estimate of drug-likeness (QED) is 0.0569. The molecule has 18 heteroatoms. The van der Waals surface area contributed by atoms with Crippen LogP contribution in [0.5, 0.6) is 0 Å². The van der Waals surface area contributed by atoms with E-state index in [1.165, 1.54) is 64.9 Å². The third kappa shape index (κ3) is 19.4. The number of ether oxygens (including phenoxy) is 2. The van der Waals surface area contributed by atoms with Gasteiger partial charge in [0, 0.05) is 61.3 Å². The third-order valence-corrected chi connectivity index (χ3v) is 15.6. The number of thiazole rings is 2. The first kappa shape index (κ1) is 66.0. The molecule has 1 aliphatic rings. The Hall–Kier alpha value is -5.78. The van der Waals surface area contributed by atoms with Crippen LogP contribution in [0, 0.1) is 0 Å². The third-order valence-electron chi connectivity index (χ3n) is 13.3. The summed E-state index contributed by atoms with van der Waals surface area (Å²) in [6, 6.07) is 55.4. The minimum atomic E-state index is -0.413. The Kier molecular flexibility index (Phi) is 27.7. The molecule has 3 N–H and O–H groups in total. The molecule has 0 bridgehead atoms. The molecule has 2 aromatic heterocycles. The molecular weight excluding hydrogens is 1110 g/mol. The van der Waals surface area contributed by atoms with Gasteiger partial charge >= 0.3 is 36.9 Å². The van der Waals surface area contributed by atoms with Gasteiger partial charge in [-0.1, -0.05) is 204 Å². The number of nitrogens with one attached hydrogen (secondary N) is 2. The van der Waals surface area contributed by atoms with E-state index in [2.05, 4.69) is 93.4 Å². The van der Waals surface area contributed by atoms with Gasteiger partial charge in [-0.2, -0.15) is 0 Å². The van der Waals surface area contributed by atoms with Crippen LogP contribution in [0.2, 0.25) is 8.67 Å². The molecule has 0 spiro atoms. The molecule has 0 aliphatic carbocycles. The van der Waals surface area contributed by atoms with E-state index in [0.29, 0.717) is 49.0 Å². The molecule has 3 heterocycles. The number of rotatable bonds is 18. The Morgan fingerprint density at radius 1 is 0.593 bits per heavy atom. The van der Waals surface area contributed by atoms with Crippen LogP contribution >= 0.6 is 45.9 Å². The van der Waals surface area contributed by atoms with Crippen molar-refractivity contribution >= 4 is 91.5 Å². The zero-order chi connectivity index (χ0) is 56.1. The number of hydrogen-bond donors (Lipinski definition) is 3. The SMILES string of the molecule is C1CCOC1.CC(C)N(CCC(c1ccccc1)c1ccccc1)C(=O)Nc1nc(-c2ccc(CO)cc2)c(Cl)s1.COC(=O)c1ccc(-c2nc(NC(=O)N(CCC(c3ccccc3)c3ccccc3)C(C)C)sc2Cl)cc1.[AlH3].[H-].[Li+]. The molecule has 420 valence electrons. The van der Waals surface area contributed by atoms with Crippen LogP contribution in [0.4, 0.5) is 19.9 Å². The smallest absolute Gasteiger partial charge is 1.00 e. The van der Waals surface area contributed by atoms with E-state index in [1.807, 2.05) is 110 Å². The van der Waals surface area contributed by atoms with Crippen LogP contribution in [0.15, 0.2) is 170 Å². The first-order valence-electron chi connectivity index (χ1n) is 26.5. The number of methoxy groups -OCH3 is 1. The molecule has 6 aromatic carbocycles. The number of hydrogen-bond acceptors (Lipinski definition) is 10. The van der Waals surface area contributed by atoms with E-state index in [1.54, 1.807) is 24.3 Å². The van der Waals surface area contributed by atoms with Gasteiger partial charge in [-0.25, -0.2) is 24.4 Å². The maximum Gasteiger partial charge on any atom is 1.00 e. The van der Waals surface area contributed by atoms with Gasteiger partial charge in [-0.15, -0.1) is 0 Å². The van der Waals surface area contributed by atoms with E-state index in [0.717, 1.165) is 42.7 Å². The molecule has 4 amide bonds. The van der Waals surface area contributed by atoms with Crippen molar-refractivity contribution in [3.8, 4) is 22.5 Å². The van der Waals surface area contributed by atoms with Gasteiger partial charge in [-0.3, -0.25) is 10.6 Å². The minimum Gasteiger partial charge on any atom is -1.00 e. The summed E-state index contributed by atoms with van der Waals surface area (Å²) in [6.07, 6.45) is 4.12. The fourth-order valence-corrected chi connectivity index (χ4v) is 11.2. The van der Waals surface area contributed by atoms with Crippen molar-refractivity contribution in [1.29, 1.82) is 0 Å². The van der Waals surface area contributed by atoms with Crippen LogP contribution in [0.1, 0.15) is 105 Å². The van der Waals surface area contributed by atoms with Crippen LogP contribution in [0.3, 0.4) is 0 Å². The number of carbonyl (C=O) groups excluding carboxylic acids is 3. The monoisotopic (exact) mass is 1180 g/mol. The second kappa shape index (κ2) is 34.0. The van der Waals surface area contributed by atoms with Crippen LogP contribution in [-0.4, -0.2) is 106 Å². The second-order valence-corrected chi connectivity index (χ2v) is 22.5. The van der Waals surface area contributed by atoms with Crippen molar-refractivity contribution in [3.63, 3.8) is 0 Å². The van der Waals surface area contributed by atoms with Gasteiger partial charge < -0.3 is 25.8 Å². The largest absolute Gasteiger partial charge is 1.00 e. The average Bonchev–Trinajstić information content (AvgIpc) is 4.27. The van der Waals surface area contributed by atoms with E-state index in [-0.39, 0.29) is 80.2 Å². The normalized spacial score (nSPS) is 11.6. The molecule has 8 aromatic rings. The number of esters is 1. The van der Waals surface area contributed by atoms with E-state index in [4.69, 9.17) is 32.7 Å². The van der Waals surface area contributed by atoms with Gasteiger partial charge in [0.15, 0.2) is 27.6 Å². The Morgan fingerprint density at radius 3 is 1.23 bits per heavy atom. The summed E-state index contributed by atoms with van der Waals surface area (Å²) in [5.74, 6) is -0.0611. The van der Waals surface area contributed by atoms with E-state index in [9.17, 15) is 19.5 Å². The fraction of sp³-hybridized carbons (Fsp3) is 0.286. The van der Waals surface area contributed by atoms with E-state index < -0.39 is 5.97 Å². The molecule has 0 saturated carbocycles. The zero-order valence-corrected chi connectivity index (χ0v) is 49.3. The molecular formula is C63H72AlCl2LiN6O6S2. The summed E-state index contributed by atoms with van der Waals surface area (Å²) in [7, 11) is 1.34. The summed E-state index contributed by atoms with van der Waals surface area (Å²) >= 11 is 15.4. The zero-order valence-electron chi connectivity index (χ0n) is 47.2. The van der Waals surface area contributed by atoms with Gasteiger partial charge in [0.05, 0.1) is 19.3 Å². The van der Waals surface area contributed by atoms with Gasteiger partial charge in [0.1, 0.15) is 20.1 Å². The molecule has 0 radical (unpaired) electrons. The van der Waals surface area contributed by atoms with Crippen molar-refractivity contribution in [2.45, 2.75) is 83.9 Å². The Bertz CT molecular complexity index is 3060. The summed E-state index contributed by atoms with van der Waals surface area (Å²) in [5, 5.41) is 16.0. The summed E-state index contributed by atoms with van der Waals surface area (Å²) in [5.41, 5.74) is 8.90. The number of anilines is 2. The maximum atomic E-state index is 13.3. The predicted molar refractivity (Wildman–Crippen MR) is 334 cm³/mol. The van der Waals surface area contributed by atoms with E-state index >= 15 is 0 Å². The van der Waals surface area contributed by atoms with Crippen LogP contribution in [-0.2, 0) is 16.1 Å². The van der Waals surface area contributed by atoms with Crippen molar-refractivity contribution in [1.82, 2.24) is 19.8 Å². The van der Waals surface area contributed by atoms with Crippen molar-refractivity contribution in [3.05, 3.63) is 212 Å². The van der Waals surface area contributed by atoms with Gasteiger partial charge in [0.25, 0.3) is 0 Å². The number of nitrogens with zero attached hydrogens (tertiary/aromatic N) is 4. The molecule has 1 fully saturated rings. The van der Waals surface area contributed by atoms with Gasteiger partial charge in [-0.05, 0) is 93.3 Å². The minimum absolute atomic E-state index is 0. The molecule has 81 heavy (non-hydrogen) atoms. The summed E-state index contributed by atoms with van der Waals surface area (Å²) in [6.45, 7) is 11.2. The van der Waals surface area contributed by atoms with Crippen LogP contribution in [0.25, 0.3) is 22.5 Å². The molecule has 9 rings (SSSR count). The summed E-state index contributed by atoms with van der Waals surface area (Å²) < 4.78 is 10.7. The average molecular weight is 1180 g/mol. The topological polar surface area (TPSA) is 146 Å². The Morgan fingerprint density at radius 2 is 0.938 bits per heavy atom. The Labute approximate surface area is 519 Å². The van der Waals surface area contributed by atoms with Gasteiger partial charge in [0.2, 0.25) is 0 Å². The maximum absolute atomic E-state index is 13.3. The number of aliphatic hydroxyl groups excluding tert-OH is 1. The number of amides is 4. The second-order valence-electron chi connectivity index (χ2n) is 19.3. The molecule has 12 nitrogen and oxygen atoms in total. The number of halogens is 2. The standard InChI is InChI=1S/C30H30ClN3O3S.C29H30ClN3O2S.C4H8O.Al.Li.4H/c1-20(2)34(19-18-25(21-10-6-4-7-11-21)22-12-8-5-9-13-22)30(36)33-29-32-26(27(31)38-29)23-14-16-24(17-15-23)28(35)37-3;1-20(2)33(18-17-25(22-9-5-3-6-10-22)23-11-7-4-8-12-23)29(35)32-28-31-26(27(30)36-28)24-15-13-21(19-34)14-16-24;1-2-4-5-3-1;;;;;;/h4-17,20,25H,18-19H2,1-3H3,(H,32,33,36);3-16,20,25,34H,17-19H2,1-2H3,(H,31,32,35);1-4H2;;;;;;/q;;;;+1;;;;-1. The van der Waals surface area contributed by atoms with Crippen LogP contribution < -0.4 is 29.5 Å². The van der Waals surface area contributed by atoms with Crippen molar-refractivity contribution in [2.24, 2.45) is 0 Å². The number of aliphatic hydroxyl groups is 1. The number of carbonyl (C=O) groups is 3. The molecule has 0 unspecified atom stereocenters. The number of benzene rings is 6. The predicted octanol–water partition coefficient (Wildman–Crippen LogP) is 11.9. The van der Waals surface area contributed by atoms with Crippen molar-refractivity contribution < 1.29 is 49.3 Å². The fourth-order valence-electron chi connectivity index (χ4n) is 9.07. The van der Waals surface area contributed by atoms with Crippen molar-refractivity contribution in [2.75, 3.05) is 44.0 Å². The summed E-state index contributed by atoms with van der Waals surface area (Å²) in [4.78, 5) is 51.1.